The van der Waals surface area contributed by atoms with Gasteiger partial charge in [0.05, 0.1) is 6.54 Å². The molecule has 0 fully saturated rings. The van der Waals surface area contributed by atoms with Crippen LogP contribution in [0.3, 0.4) is 0 Å². The van der Waals surface area contributed by atoms with Crippen molar-refractivity contribution in [3.8, 4) is 0 Å². The first-order valence-corrected chi connectivity index (χ1v) is 8.33. The van der Waals surface area contributed by atoms with E-state index in [0.29, 0.717) is 17.0 Å². The molecule has 0 saturated heterocycles. The molecule has 0 bridgehead atoms. The molecule has 5 nitrogen and oxygen atoms in total. The summed E-state index contributed by atoms with van der Waals surface area (Å²) in [5.41, 5.74) is -3.01. The predicted octanol–water partition coefficient (Wildman–Crippen LogP) is 3.67. The largest absolute Gasteiger partial charge is 0.446 e. The summed E-state index contributed by atoms with van der Waals surface area (Å²) in [7, 11) is 0. The standard InChI is InChI=1S/C17H13F3N4OS/c18-17(19,20)26-13-7-4-12(5-8-13)6-9-16(25)21-11-15-23-22-14-3-1-2-10-24(14)15/h1-10H,11H2,(H,21,25)/b9-6+. The maximum absolute atomic E-state index is 12.3. The average molecular weight is 378 g/mol. The Balaban J connectivity index is 1.56. The Morgan fingerprint density at radius 2 is 1.92 bits per heavy atom. The third kappa shape index (κ3) is 4.85. The van der Waals surface area contributed by atoms with Crippen LogP contribution in [0.25, 0.3) is 11.7 Å². The second-order valence-electron chi connectivity index (χ2n) is 5.21. The van der Waals surface area contributed by atoms with E-state index < -0.39 is 5.51 Å². The maximum atomic E-state index is 12.3. The highest BCUT2D eigenvalue weighted by molar-refractivity contribution is 8.00. The van der Waals surface area contributed by atoms with Crippen LogP contribution in [0.2, 0.25) is 0 Å². The Kier molecular flexibility index (Phi) is 5.27. The summed E-state index contributed by atoms with van der Waals surface area (Å²) >= 11 is -0.177. The van der Waals surface area contributed by atoms with Gasteiger partial charge < -0.3 is 5.32 Å². The fraction of sp³-hybridized carbons (Fsp3) is 0.118. The van der Waals surface area contributed by atoms with Crippen LogP contribution in [-0.4, -0.2) is 26.0 Å². The normalized spacial score (nSPS) is 12.0. The summed E-state index contributed by atoms with van der Waals surface area (Å²) in [5.74, 6) is 0.252. The molecule has 0 aliphatic heterocycles. The Bertz CT molecular complexity index is 935. The minimum Gasteiger partial charge on any atom is -0.345 e. The number of aromatic nitrogens is 3. The van der Waals surface area contributed by atoms with Gasteiger partial charge in [0.15, 0.2) is 11.5 Å². The van der Waals surface area contributed by atoms with E-state index in [1.807, 2.05) is 12.1 Å². The van der Waals surface area contributed by atoms with Crippen molar-refractivity contribution in [1.29, 1.82) is 0 Å². The van der Waals surface area contributed by atoms with E-state index >= 15 is 0 Å². The van der Waals surface area contributed by atoms with Gasteiger partial charge in [0, 0.05) is 17.2 Å². The van der Waals surface area contributed by atoms with Crippen LogP contribution in [0.4, 0.5) is 13.2 Å². The highest BCUT2D eigenvalue weighted by atomic mass is 32.2. The number of amides is 1. The van der Waals surface area contributed by atoms with Crippen molar-refractivity contribution in [1.82, 2.24) is 19.9 Å². The third-order valence-electron chi connectivity index (χ3n) is 3.35. The predicted molar refractivity (Wildman–Crippen MR) is 92.2 cm³/mol. The first kappa shape index (κ1) is 18.0. The number of nitrogens with zero attached hydrogens (tertiary/aromatic N) is 3. The Labute approximate surface area is 150 Å². The molecule has 0 unspecified atom stereocenters. The number of hydrogen-bond donors (Lipinski definition) is 1. The second kappa shape index (κ2) is 7.61. The summed E-state index contributed by atoms with van der Waals surface area (Å²) in [6, 6.07) is 11.2. The third-order valence-corrected chi connectivity index (χ3v) is 4.09. The Morgan fingerprint density at radius 3 is 2.65 bits per heavy atom. The van der Waals surface area contributed by atoms with Gasteiger partial charge in [-0.15, -0.1) is 10.2 Å². The molecule has 0 spiro atoms. The molecule has 1 N–H and O–H groups in total. The molecule has 2 heterocycles. The van der Waals surface area contributed by atoms with Crippen LogP contribution < -0.4 is 5.32 Å². The molecule has 0 saturated carbocycles. The van der Waals surface area contributed by atoms with E-state index in [4.69, 9.17) is 0 Å². The van der Waals surface area contributed by atoms with Gasteiger partial charge in [0.1, 0.15) is 0 Å². The van der Waals surface area contributed by atoms with Gasteiger partial charge in [-0.3, -0.25) is 9.20 Å². The maximum Gasteiger partial charge on any atom is 0.446 e. The van der Waals surface area contributed by atoms with E-state index in [1.165, 1.54) is 36.4 Å². The van der Waals surface area contributed by atoms with Gasteiger partial charge in [-0.05, 0) is 47.7 Å². The van der Waals surface area contributed by atoms with Crippen LogP contribution in [0.5, 0.6) is 0 Å². The number of hydrogen-bond acceptors (Lipinski definition) is 4. The number of fused-ring (bicyclic) bond motifs is 1. The summed E-state index contributed by atoms with van der Waals surface area (Å²) < 4.78 is 38.6. The lowest BCUT2D eigenvalue weighted by Crippen LogP contribution is -2.21. The first-order valence-electron chi connectivity index (χ1n) is 7.51. The lowest BCUT2D eigenvalue weighted by Gasteiger charge is -2.05. The number of halogens is 3. The molecule has 0 aliphatic rings. The van der Waals surface area contributed by atoms with E-state index in [-0.39, 0.29) is 29.1 Å². The lowest BCUT2D eigenvalue weighted by atomic mass is 10.2. The van der Waals surface area contributed by atoms with Crippen LogP contribution in [0.15, 0.2) is 59.6 Å². The van der Waals surface area contributed by atoms with E-state index in [9.17, 15) is 18.0 Å². The molecule has 3 rings (SSSR count). The van der Waals surface area contributed by atoms with Crippen LogP contribution in [0.1, 0.15) is 11.4 Å². The number of carbonyl (C=O) groups is 1. The summed E-state index contributed by atoms with van der Waals surface area (Å²) in [6.45, 7) is 0.204. The van der Waals surface area contributed by atoms with Crippen molar-refractivity contribution >= 4 is 29.4 Å². The lowest BCUT2D eigenvalue weighted by molar-refractivity contribution is -0.116. The summed E-state index contributed by atoms with van der Waals surface area (Å²) in [5, 5.41) is 10.7. The van der Waals surface area contributed by atoms with Crippen molar-refractivity contribution in [2.45, 2.75) is 16.9 Å². The quantitative estimate of drug-likeness (QED) is 0.544. The zero-order valence-electron chi connectivity index (χ0n) is 13.3. The fourth-order valence-corrected chi connectivity index (χ4v) is 2.73. The van der Waals surface area contributed by atoms with Gasteiger partial charge in [0.2, 0.25) is 5.91 Å². The smallest absolute Gasteiger partial charge is 0.345 e. The molecular formula is C17H13F3N4OS. The number of benzene rings is 1. The number of rotatable bonds is 5. The van der Waals surface area contributed by atoms with Crippen molar-refractivity contribution in [2.75, 3.05) is 0 Å². The zero-order chi connectivity index (χ0) is 18.6. The van der Waals surface area contributed by atoms with E-state index in [1.54, 1.807) is 16.7 Å². The molecule has 2 aromatic heterocycles. The Hall–Kier alpha value is -2.81. The second-order valence-corrected chi connectivity index (χ2v) is 6.35. The highest BCUT2D eigenvalue weighted by Crippen LogP contribution is 2.36. The van der Waals surface area contributed by atoms with Crippen LogP contribution in [0, 0.1) is 0 Å². The number of pyridine rings is 1. The summed E-state index contributed by atoms with van der Waals surface area (Å²) in [6.07, 6.45) is 4.64. The minimum atomic E-state index is -4.32. The molecule has 3 aromatic rings. The number of thioether (sulfide) groups is 1. The van der Waals surface area contributed by atoms with Gasteiger partial charge in [0.25, 0.3) is 0 Å². The molecule has 0 aliphatic carbocycles. The number of alkyl halides is 3. The van der Waals surface area contributed by atoms with Gasteiger partial charge in [-0.25, -0.2) is 0 Å². The molecule has 1 amide bonds. The van der Waals surface area contributed by atoms with Gasteiger partial charge >= 0.3 is 5.51 Å². The van der Waals surface area contributed by atoms with E-state index in [2.05, 4.69) is 15.5 Å². The molecule has 9 heteroatoms. The van der Waals surface area contributed by atoms with E-state index in [0.717, 1.165) is 0 Å². The minimum absolute atomic E-state index is 0.0952. The van der Waals surface area contributed by atoms with Crippen molar-refractivity contribution in [2.24, 2.45) is 0 Å². The monoisotopic (exact) mass is 378 g/mol. The number of nitrogens with one attached hydrogen (secondary N) is 1. The Morgan fingerprint density at radius 1 is 1.15 bits per heavy atom. The molecule has 26 heavy (non-hydrogen) atoms. The van der Waals surface area contributed by atoms with Crippen molar-refractivity contribution in [3.05, 3.63) is 66.1 Å². The first-order chi connectivity index (χ1) is 12.4. The van der Waals surface area contributed by atoms with Crippen LogP contribution in [-0.2, 0) is 11.3 Å². The molecular weight excluding hydrogens is 365 g/mol. The van der Waals surface area contributed by atoms with Gasteiger partial charge in [-0.2, -0.15) is 13.2 Å². The summed E-state index contributed by atoms with van der Waals surface area (Å²) in [4.78, 5) is 12.0. The van der Waals surface area contributed by atoms with Crippen LogP contribution >= 0.6 is 11.8 Å². The van der Waals surface area contributed by atoms with Crippen molar-refractivity contribution < 1.29 is 18.0 Å². The van der Waals surface area contributed by atoms with Crippen molar-refractivity contribution in [3.63, 3.8) is 0 Å². The molecule has 134 valence electrons. The molecule has 0 atom stereocenters. The number of carbonyl (C=O) groups excluding carboxylic acids is 1. The zero-order valence-corrected chi connectivity index (χ0v) is 14.1. The van der Waals surface area contributed by atoms with Gasteiger partial charge in [-0.1, -0.05) is 18.2 Å². The highest BCUT2D eigenvalue weighted by Gasteiger charge is 2.28. The molecule has 1 aromatic carbocycles. The molecule has 0 radical (unpaired) electrons. The average Bonchev–Trinajstić information content (AvgIpc) is 3.01. The fourth-order valence-electron chi connectivity index (χ4n) is 2.19. The SMILES string of the molecule is O=C(/C=C/c1ccc(SC(F)(F)F)cc1)NCc1nnc2ccccn12. The topological polar surface area (TPSA) is 59.3 Å².